The summed E-state index contributed by atoms with van der Waals surface area (Å²) in [5.41, 5.74) is 1.62. The van der Waals surface area contributed by atoms with Crippen LogP contribution in [0, 0.1) is 0 Å². The van der Waals surface area contributed by atoms with Crippen molar-refractivity contribution < 1.29 is 24.2 Å². The van der Waals surface area contributed by atoms with Crippen molar-refractivity contribution in [3.05, 3.63) is 71.8 Å². The second kappa shape index (κ2) is 9.83. The first-order valence-electron chi connectivity index (χ1n) is 8.03. The molecule has 2 rings (SSSR count). The van der Waals surface area contributed by atoms with Gasteiger partial charge in [0.25, 0.3) is 0 Å². The van der Waals surface area contributed by atoms with Crippen molar-refractivity contribution in [2.24, 2.45) is 0 Å². The molecule has 0 fully saturated rings. The lowest BCUT2D eigenvalue weighted by atomic mass is 10.1. The van der Waals surface area contributed by atoms with Gasteiger partial charge in [-0.1, -0.05) is 60.7 Å². The molecule has 135 valence electrons. The molecule has 7 nitrogen and oxygen atoms in total. The van der Waals surface area contributed by atoms with E-state index in [0.29, 0.717) is 0 Å². The van der Waals surface area contributed by atoms with Crippen LogP contribution in [0.2, 0.25) is 0 Å². The summed E-state index contributed by atoms with van der Waals surface area (Å²) < 4.78 is 5.11. The van der Waals surface area contributed by atoms with Gasteiger partial charge >= 0.3 is 12.1 Å². The molecule has 1 atom stereocenters. The van der Waals surface area contributed by atoms with Crippen LogP contribution in [-0.4, -0.2) is 30.6 Å². The van der Waals surface area contributed by atoms with Gasteiger partial charge in [-0.05, 0) is 11.1 Å². The smallest absolute Gasteiger partial charge is 0.408 e. The molecule has 2 aromatic rings. The number of amides is 2. The standard InChI is InChI=1S/C19H19N2O5/c22-17(23)12-20-18(24)16(11-14-7-3-1-4-8-14)21-19(25)26-13-15-9-5-2-6-10-15/h1-10,16H,11-13H2,(H,20,24)(H,21,25)/t16-/m0/s1. The molecule has 26 heavy (non-hydrogen) atoms. The van der Waals surface area contributed by atoms with E-state index in [4.69, 9.17) is 4.74 Å². The van der Waals surface area contributed by atoms with Gasteiger partial charge in [0.2, 0.25) is 5.91 Å². The van der Waals surface area contributed by atoms with Gasteiger partial charge in [0, 0.05) is 6.42 Å². The SMILES string of the molecule is [O]C(=O)CNC(=O)[C@H](Cc1ccccc1)NC(=O)OCc1ccccc1. The van der Waals surface area contributed by atoms with Crippen LogP contribution >= 0.6 is 0 Å². The fourth-order valence-electron chi connectivity index (χ4n) is 2.25. The second-order valence-corrected chi connectivity index (χ2v) is 5.54. The van der Waals surface area contributed by atoms with E-state index in [0.717, 1.165) is 11.1 Å². The summed E-state index contributed by atoms with van der Waals surface area (Å²) in [6, 6.07) is 17.2. The number of benzene rings is 2. The average molecular weight is 355 g/mol. The molecule has 7 heteroatoms. The van der Waals surface area contributed by atoms with Gasteiger partial charge in [0.1, 0.15) is 19.2 Å². The highest BCUT2D eigenvalue weighted by Gasteiger charge is 2.22. The zero-order valence-corrected chi connectivity index (χ0v) is 14.0. The van der Waals surface area contributed by atoms with Crippen molar-refractivity contribution >= 4 is 18.0 Å². The average Bonchev–Trinajstić information content (AvgIpc) is 2.65. The lowest BCUT2D eigenvalue weighted by Crippen LogP contribution is -2.49. The molecule has 0 aliphatic heterocycles. The lowest BCUT2D eigenvalue weighted by molar-refractivity contribution is -0.143. The van der Waals surface area contributed by atoms with E-state index in [1.54, 1.807) is 36.4 Å². The molecule has 1 radical (unpaired) electrons. The molecule has 2 amide bonds. The predicted octanol–water partition coefficient (Wildman–Crippen LogP) is 1.60. The number of ether oxygens (including phenoxy) is 1. The number of alkyl carbamates (subject to hydrolysis) is 1. The molecule has 0 spiro atoms. The van der Waals surface area contributed by atoms with Gasteiger partial charge in [-0.2, -0.15) is 0 Å². The van der Waals surface area contributed by atoms with E-state index in [9.17, 15) is 19.5 Å². The largest absolute Gasteiger partial charge is 0.445 e. The van der Waals surface area contributed by atoms with Crippen LogP contribution in [0.1, 0.15) is 11.1 Å². The normalized spacial score (nSPS) is 11.2. The van der Waals surface area contributed by atoms with E-state index >= 15 is 0 Å². The Morgan fingerprint density at radius 2 is 1.46 bits per heavy atom. The quantitative estimate of drug-likeness (QED) is 0.750. The number of nitrogens with one attached hydrogen (secondary N) is 2. The molecule has 2 aromatic carbocycles. The van der Waals surface area contributed by atoms with Crippen LogP contribution in [0.4, 0.5) is 4.79 Å². The molecular weight excluding hydrogens is 336 g/mol. The molecule has 0 aliphatic carbocycles. The number of carbonyl (C=O) groups excluding carboxylic acids is 3. The summed E-state index contributed by atoms with van der Waals surface area (Å²) in [5.74, 6) is -2.04. The van der Waals surface area contributed by atoms with Gasteiger partial charge in [0.15, 0.2) is 0 Å². The number of hydrogen-bond donors (Lipinski definition) is 2. The summed E-state index contributed by atoms with van der Waals surface area (Å²) in [6.45, 7) is -0.573. The maximum Gasteiger partial charge on any atom is 0.408 e. The minimum Gasteiger partial charge on any atom is -0.445 e. The molecule has 0 bridgehead atoms. The molecule has 0 saturated heterocycles. The Kier molecular flexibility index (Phi) is 7.17. The van der Waals surface area contributed by atoms with Crippen molar-refractivity contribution in [3.8, 4) is 0 Å². The highest BCUT2D eigenvalue weighted by atomic mass is 16.5. The third-order valence-electron chi connectivity index (χ3n) is 3.51. The molecule has 0 aromatic heterocycles. The number of carbonyl (C=O) groups is 3. The van der Waals surface area contributed by atoms with Crippen LogP contribution in [0.15, 0.2) is 60.7 Å². The molecule has 0 heterocycles. The van der Waals surface area contributed by atoms with Crippen LogP contribution in [-0.2, 0) is 32.5 Å². The van der Waals surface area contributed by atoms with E-state index in [2.05, 4.69) is 10.6 Å². The fraction of sp³-hybridized carbons (Fsp3) is 0.211. The van der Waals surface area contributed by atoms with Gasteiger partial charge < -0.3 is 15.4 Å². The van der Waals surface area contributed by atoms with Crippen LogP contribution in [0.5, 0.6) is 0 Å². The molecule has 0 unspecified atom stereocenters. The van der Waals surface area contributed by atoms with Crippen LogP contribution in [0.3, 0.4) is 0 Å². The van der Waals surface area contributed by atoms with Crippen molar-refractivity contribution in [2.45, 2.75) is 19.1 Å². The summed E-state index contributed by atoms with van der Waals surface area (Å²) in [5, 5.41) is 15.2. The van der Waals surface area contributed by atoms with Crippen molar-refractivity contribution in [1.82, 2.24) is 10.6 Å². The number of hydrogen-bond acceptors (Lipinski definition) is 4. The third kappa shape index (κ3) is 6.64. The Morgan fingerprint density at radius 1 is 0.885 bits per heavy atom. The van der Waals surface area contributed by atoms with E-state index < -0.39 is 30.6 Å². The number of rotatable bonds is 8. The zero-order valence-electron chi connectivity index (χ0n) is 14.0. The summed E-state index contributed by atoms with van der Waals surface area (Å²) in [4.78, 5) is 34.7. The maximum absolute atomic E-state index is 12.2. The van der Waals surface area contributed by atoms with Crippen molar-refractivity contribution in [1.29, 1.82) is 0 Å². The Bertz CT molecular complexity index is 734. The molecular formula is C19H19N2O5. The van der Waals surface area contributed by atoms with Gasteiger partial charge in [0.05, 0.1) is 0 Å². The lowest BCUT2D eigenvalue weighted by Gasteiger charge is -2.18. The summed E-state index contributed by atoms with van der Waals surface area (Å²) in [6.07, 6.45) is -0.571. The minimum absolute atomic E-state index is 0.0609. The first-order valence-corrected chi connectivity index (χ1v) is 8.03. The minimum atomic E-state index is -1.41. The van der Waals surface area contributed by atoms with Gasteiger partial charge in [-0.3, -0.25) is 4.79 Å². The highest BCUT2D eigenvalue weighted by Crippen LogP contribution is 2.05. The monoisotopic (exact) mass is 355 g/mol. The summed E-state index contributed by atoms with van der Waals surface area (Å²) in [7, 11) is 0. The van der Waals surface area contributed by atoms with E-state index in [1.165, 1.54) is 0 Å². The Labute approximate surface area is 151 Å². The zero-order chi connectivity index (χ0) is 18.8. The third-order valence-corrected chi connectivity index (χ3v) is 3.51. The van der Waals surface area contributed by atoms with E-state index in [1.807, 2.05) is 24.3 Å². The molecule has 0 aliphatic rings. The van der Waals surface area contributed by atoms with Gasteiger partial charge in [-0.25, -0.2) is 14.7 Å². The molecule has 0 saturated carbocycles. The Balaban J connectivity index is 1.96. The van der Waals surface area contributed by atoms with Crippen molar-refractivity contribution in [2.75, 3.05) is 6.54 Å². The fourth-order valence-corrected chi connectivity index (χ4v) is 2.25. The van der Waals surface area contributed by atoms with Gasteiger partial charge in [-0.15, -0.1) is 0 Å². The second-order valence-electron chi connectivity index (χ2n) is 5.54. The first kappa shape index (κ1) is 19.0. The topological polar surface area (TPSA) is 104 Å². The first-order chi connectivity index (χ1) is 12.5. The van der Waals surface area contributed by atoms with Crippen LogP contribution < -0.4 is 10.6 Å². The van der Waals surface area contributed by atoms with E-state index in [-0.39, 0.29) is 13.0 Å². The van der Waals surface area contributed by atoms with Crippen LogP contribution in [0.25, 0.3) is 0 Å². The molecule has 2 N–H and O–H groups in total. The van der Waals surface area contributed by atoms with Crippen molar-refractivity contribution in [3.63, 3.8) is 0 Å². The summed E-state index contributed by atoms with van der Waals surface area (Å²) >= 11 is 0. The Morgan fingerprint density at radius 3 is 2.04 bits per heavy atom. The predicted molar refractivity (Wildman–Crippen MR) is 92.4 cm³/mol. The Hall–Kier alpha value is -3.35. The maximum atomic E-state index is 12.2. The highest BCUT2D eigenvalue weighted by molar-refractivity contribution is 5.88.